The standard InChI is InChI=1S/C17H18ClN3O3/c1-3-19-16(22)14-8-7-13(24-2)10-15(14)21-17(23)20-12-6-4-5-11(18)9-12/h4-10H,3H2,1-2H3,(H,19,22)(H2,20,21,23). The highest BCUT2D eigenvalue weighted by atomic mass is 35.5. The number of nitrogens with one attached hydrogen (secondary N) is 3. The van der Waals surface area contributed by atoms with E-state index in [0.717, 1.165) is 0 Å². The van der Waals surface area contributed by atoms with Crippen LogP contribution in [0.15, 0.2) is 42.5 Å². The molecule has 126 valence electrons. The van der Waals surface area contributed by atoms with Crippen molar-refractivity contribution in [2.45, 2.75) is 6.92 Å². The van der Waals surface area contributed by atoms with Crippen molar-refractivity contribution in [2.75, 3.05) is 24.3 Å². The van der Waals surface area contributed by atoms with Gasteiger partial charge in [-0.15, -0.1) is 0 Å². The lowest BCUT2D eigenvalue weighted by atomic mass is 10.1. The maximum absolute atomic E-state index is 12.2. The molecule has 24 heavy (non-hydrogen) atoms. The van der Waals surface area contributed by atoms with Gasteiger partial charge >= 0.3 is 6.03 Å². The minimum Gasteiger partial charge on any atom is -0.497 e. The normalized spacial score (nSPS) is 9.96. The summed E-state index contributed by atoms with van der Waals surface area (Å²) in [6, 6.07) is 11.1. The molecule has 0 heterocycles. The fourth-order valence-corrected chi connectivity index (χ4v) is 2.25. The van der Waals surface area contributed by atoms with E-state index < -0.39 is 6.03 Å². The predicted octanol–water partition coefficient (Wildman–Crippen LogP) is 3.74. The Labute approximate surface area is 145 Å². The first-order valence-electron chi connectivity index (χ1n) is 7.33. The second kappa shape index (κ2) is 8.21. The van der Waals surface area contributed by atoms with Gasteiger partial charge in [-0.05, 0) is 37.3 Å². The average Bonchev–Trinajstić information content (AvgIpc) is 2.54. The smallest absolute Gasteiger partial charge is 0.323 e. The van der Waals surface area contributed by atoms with Crippen LogP contribution in [0.4, 0.5) is 16.2 Å². The maximum atomic E-state index is 12.2. The molecule has 0 aliphatic heterocycles. The van der Waals surface area contributed by atoms with E-state index in [1.54, 1.807) is 42.5 Å². The van der Waals surface area contributed by atoms with Crippen LogP contribution in [-0.4, -0.2) is 25.6 Å². The molecule has 0 aliphatic carbocycles. The third-order valence-electron chi connectivity index (χ3n) is 3.14. The molecule has 2 aromatic rings. The summed E-state index contributed by atoms with van der Waals surface area (Å²) in [4.78, 5) is 24.3. The number of benzene rings is 2. The molecule has 6 nitrogen and oxygen atoms in total. The van der Waals surface area contributed by atoms with Crippen LogP contribution >= 0.6 is 11.6 Å². The molecule has 0 atom stereocenters. The molecule has 0 aromatic heterocycles. The molecule has 0 unspecified atom stereocenters. The number of halogens is 1. The highest BCUT2D eigenvalue weighted by Gasteiger charge is 2.14. The number of urea groups is 1. The highest BCUT2D eigenvalue weighted by Crippen LogP contribution is 2.23. The first-order valence-corrected chi connectivity index (χ1v) is 7.71. The zero-order valence-electron chi connectivity index (χ0n) is 13.4. The van der Waals surface area contributed by atoms with Crippen LogP contribution < -0.4 is 20.7 Å². The topological polar surface area (TPSA) is 79.5 Å². The van der Waals surface area contributed by atoms with Crippen LogP contribution in [-0.2, 0) is 0 Å². The fraction of sp³-hybridized carbons (Fsp3) is 0.176. The number of anilines is 2. The summed E-state index contributed by atoms with van der Waals surface area (Å²) in [7, 11) is 1.51. The first kappa shape index (κ1) is 17.6. The van der Waals surface area contributed by atoms with Gasteiger partial charge in [-0.2, -0.15) is 0 Å². The number of carbonyl (C=O) groups excluding carboxylic acids is 2. The summed E-state index contributed by atoms with van der Waals surface area (Å²) in [5.41, 5.74) is 1.24. The third-order valence-corrected chi connectivity index (χ3v) is 3.37. The Balaban J connectivity index is 2.20. The van der Waals surface area contributed by atoms with Gasteiger partial charge in [-0.1, -0.05) is 17.7 Å². The van der Waals surface area contributed by atoms with E-state index in [1.807, 2.05) is 6.92 Å². The van der Waals surface area contributed by atoms with Gasteiger partial charge in [0.25, 0.3) is 5.91 Å². The van der Waals surface area contributed by atoms with Gasteiger partial charge in [0.2, 0.25) is 0 Å². The molecule has 3 amide bonds. The molecule has 2 aromatic carbocycles. The largest absolute Gasteiger partial charge is 0.497 e. The molecule has 2 rings (SSSR count). The highest BCUT2D eigenvalue weighted by molar-refractivity contribution is 6.30. The van der Waals surface area contributed by atoms with Crippen molar-refractivity contribution in [3.8, 4) is 5.75 Å². The molecule has 0 saturated heterocycles. The molecule has 0 fully saturated rings. The second-order valence-corrected chi connectivity index (χ2v) is 5.30. The lowest BCUT2D eigenvalue weighted by Gasteiger charge is -2.13. The summed E-state index contributed by atoms with van der Waals surface area (Å²) in [6.45, 7) is 2.30. The average molecular weight is 348 g/mol. The fourth-order valence-electron chi connectivity index (χ4n) is 2.06. The van der Waals surface area contributed by atoms with Crippen molar-refractivity contribution in [1.82, 2.24) is 5.32 Å². The Morgan fingerprint density at radius 3 is 2.58 bits per heavy atom. The number of hydrogen-bond acceptors (Lipinski definition) is 3. The van der Waals surface area contributed by atoms with E-state index >= 15 is 0 Å². The Hall–Kier alpha value is -2.73. The van der Waals surface area contributed by atoms with E-state index in [1.165, 1.54) is 7.11 Å². The lowest BCUT2D eigenvalue weighted by molar-refractivity contribution is 0.0956. The minimum atomic E-state index is -0.490. The maximum Gasteiger partial charge on any atom is 0.323 e. The number of ether oxygens (including phenoxy) is 1. The number of carbonyl (C=O) groups is 2. The lowest BCUT2D eigenvalue weighted by Crippen LogP contribution is -2.26. The van der Waals surface area contributed by atoms with Gasteiger partial charge in [0.15, 0.2) is 0 Å². The van der Waals surface area contributed by atoms with E-state index in [4.69, 9.17) is 16.3 Å². The van der Waals surface area contributed by atoms with Gasteiger partial charge in [0.1, 0.15) is 5.75 Å². The monoisotopic (exact) mass is 347 g/mol. The van der Waals surface area contributed by atoms with Crippen LogP contribution in [0.3, 0.4) is 0 Å². The number of rotatable bonds is 5. The van der Waals surface area contributed by atoms with E-state index in [9.17, 15) is 9.59 Å². The van der Waals surface area contributed by atoms with Gasteiger partial charge < -0.3 is 20.7 Å². The second-order valence-electron chi connectivity index (χ2n) is 4.86. The molecule has 0 saturated carbocycles. The Kier molecular flexibility index (Phi) is 6.03. The molecular weight excluding hydrogens is 330 g/mol. The summed E-state index contributed by atoms with van der Waals surface area (Å²) >= 11 is 5.89. The quantitative estimate of drug-likeness (QED) is 0.770. The minimum absolute atomic E-state index is 0.279. The molecule has 0 radical (unpaired) electrons. The Morgan fingerprint density at radius 1 is 1.12 bits per heavy atom. The van der Waals surface area contributed by atoms with Gasteiger partial charge in [-0.25, -0.2) is 4.79 Å². The van der Waals surface area contributed by atoms with Crippen molar-refractivity contribution in [2.24, 2.45) is 0 Å². The summed E-state index contributed by atoms with van der Waals surface area (Å²) in [5, 5.41) is 8.53. The SMILES string of the molecule is CCNC(=O)c1ccc(OC)cc1NC(=O)Nc1cccc(Cl)c1. The van der Waals surface area contributed by atoms with Crippen LogP contribution in [0.25, 0.3) is 0 Å². The molecule has 0 aliphatic rings. The summed E-state index contributed by atoms with van der Waals surface area (Å²) in [6.07, 6.45) is 0. The van der Waals surface area contributed by atoms with Crippen molar-refractivity contribution < 1.29 is 14.3 Å². The van der Waals surface area contributed by atoms with Crippen LogP contribution in [0.5, 0.6) is 5.75 Å². The first-order chi connectivity index (χ1) is 11.5. The van der Waals surface area contributed by atoms with E-state index in [0.29, 0.717) is 34.3 Å². The zero-order chi connectivity index (χ0) is 17.5. The molecule has 0 bridgehead atoms. The summed E-state index contributed by atoms with van der Waals surface area (Å²) in [5.74, 6) is 0.249. The third kappa shape index (κ3) is 4.63. The Bertz CT molecular complexity index is 750. The molecular formula is C17H18ClN3O3. The Morgan fingerprint density at radius 2 is 1.92 bits per heavy atom. The van der Waals surface area contributed by atoms with Crippen molar-refractivity contribution in [1.29, 1.82) is 0 Å². The number of hydrogen-bond donors (Lipinski definition) is 3. The van der Waals surface area contributed by atoms with Crippen LogP contribution in [0.1, 0.15) is 17.3 Å². The molecule has 3 N–H and O–H groups in total. The molecule has 7 heteroatoms. The van der Waals surface area contributed by atoms with Crippen molar-refractivity contribution >= 4 is 34.9 Å². The molecule has 0 spiro atoms. The number of amides is 3. The zero-order valence-corrected chi connectivity index (χ0v) is 14.1. The van der Waals surface area contributed by atoms with Gasteiger partial charge in [0.05, 0.1) is 18.4 Å². The van der Waals surface area contributed by atoms with Gasteiger partial charge in [-0.3, -0.25) is 4.79 Å². The van der Waals surface area contributed by atoms with Crippen LogP contribution in [0.2, 0.25) is 5.02 Å². The van der Waals surface area contributed by atoms with Crippen molar-refractivity contribution in [3.63, 3.8) is 0 Å². The van der Waals surface area contributed by atoms with Gasteiger partial charge in [0, 0.05) is 23.3 Å². The van der Waals surface area contributed by atoms with E-state index in [-0.39, 0.29) is 5.91 Å². The van der Waals surface area contributed by atoms with E-state index in [2.05, 4.69) is 16.0 Å². The number of methoxy groups -OCH3 is 1. The predicted molar refractivity (Wildman–Crippen MR) is 95.1 cm³/mol. The van der Waals surface area contributed by atoms with Crippen LogP contribution in [0, 0.1) is 0 Å². The van der Waals surface area contributed by atoms with Crippen molar-refractivity contribution in [3.05, 3.63) is 53.1 Å². The summed E-state index contributed by atoms with van der Waals surface area (Å²) < 4.78 is 5.14.